The first-order valence-electron chi connectivity index (χ1n) is 9.62. The molecule has 27 heavy (non-hydrogen) atoms. The number of nitrogens with zero attached hydrogens (tertiary/aromatic N) is 2. The molecule has 0 bridgehead atoms. The Hall–Kier alpha value is -2.76. The van der Waals surface area contributed by atoms with Crippen molar-refractivity contribution in [1.82, 2.24) is 15.1 Å². The van der Waals surface area contributed by atoms with Crippen LogP contribution in [0.5, 0.6) is 0 Å². The van der Waals surface area contributed by atoms with Gasteiger partial charge >= 0.3 is 6.03 Å². The number of furan rings is 1. The number of nitrogens with one attached hydrogen (secondary N) is 1. The summed E-state index contributed by atoms with van der Waals surface area (Å²) >= 11 is 0. The molecular weight excluding hydrogens is 342 g/mol. The van der Waals surface area contributed by atoms with Crippen molar-refractivity contribution in [1.29, 1.82) is 0 Å². The third-order valence-corrected chi connectivity index (χ3v) is 4.88. The topological polar surface area (TPSA) is 65.8 Å². The van der Waals surface area contributed by atoms with Crippen LogP contribution in [0, 0.1) is 0 Å². The molecule has 6 heteroatoms. The lowest BCUT2D eigenvalue weighted by atomic mass is 10.0. The summed E-state index contributed by atoms with van der Waals surface area (Å²) in [4.78, 5) is 28.8. The van der Waals surface area contributed by atoms with Crippen molar-refractivity contribution in [2.24, 2.45) is 0 Å². The smallest absolute Gasteiger partial charge is 0.317 e. The normalized spacial score (nSPS) is 15.9. The van der Waals surface area contributed by atoms with Gasteiger partial charge in [0.25, 0.3) is 5.91 Å². The molecule has 1 aromatic carbocycles. The number of rotatable bonds is 5. The number of benzene rings is 1. The van der Waals surface area contributed by atoms with Crippen LogP contribution in [-0.2, 0) is 0 Å². The number of hydrogen-bond donors (Lipinski definition) is 1. The highest BCUT2D eigenvalue weighted by atomic mass is 16.3. The molecule has 0 aliphatic carbocycles. The van der Waals surface area contributed by atoms with Gasteiger partial charge in [-0.25, -0.2) is 4.79 Å². The zero-order chi connectivity index (χ0) is 19.1. The lowest BCUT2D eigenvalue weighted by molar-refractivity contribution is 0.0730. The van der Waals surface area contributed by atoms with Crippen LogP contribution < -0.4 is 5.32 Å². The molecule has 3 amide bonds. The van der Waals surface area contributed by atoms with Gasteiger partial charge < -0.3 is 19.5 Å². The Kier molecular flexibility index (Phi) is 6.52. The third-order valence-electron chi connectivity index (χ3n) is 4.88. The van der Waals surface area contributed by atoms with Crippen LogP contribution in [0.2, 0.25) is 0 Å². The molecule has 2 aromatic rings. The molecule has 1 N–H and O–H groups in total. The summed E-state index contributed by atoms with van der Waals surface area (Å²) in [5, 5.41) is 3.17. The average molecular weight is 369 g/mol. The van der Waals surface area contributed by atoms with Gasteiger partial charge in [0.1, 0.15) is 0 Å². The molecule has 1 saturated heterocycles. The van der Waals surface area contributed by atoms with Crippen molar-refractivity contribution in [2.45, 2.75) is 32.2 Å². The van der Waals surface area contributed by atoms with Crippen LogP contribution in [0.15, 0.2) is 53.1 Å². The standard InChI is InChI=1S/C21H27N3O3/c1-2-8-18(17-9-4-3-5-10-17)22-21(26)24-13-7-12-23(14-15-24)20(25)19-11-6-16-27-19/h3-6,9-11,16,18H,2,7-8,12-15H2,1H3,(H,22,26). The molecule has 2 heterocycles. The van der Waals surface area contributed by atoms with Crippen LogP contribution in [0.1, 0.15) is 48.3 Å². The Balaban J connectivity index is 1.59. The minimum Gasteiger partial charge on any atom is -0.459 e. The minimum absolute atomic E-state index is 0.00723. The van der Waals surface area contributed by atoms with Gasteiger partial charge in [-0.2, -0.15) is 0 Å². The van der Waals surface area contributed by atoms with E-state index in [2.05, 4.69) is 12.2 Å². The van der Waals surface area contributed by atoms with Gasteiger partial charge in [0.15, 0.2) is 5.76 Å². The van der Waals surface area contributed by atoms with Crippen molar-refractivity contribution in [3.63, 3.8) is 0 Å². The van der Waals surface area contributed by atoms with E-state index in [9.17, 15) is 9.59 Å². The molecule has 1 aliphatic heterocycles. The Morgan fingerprint density at radius 3 is 2.48 bits per heavy atom. The van der Waals surface area contributed by atoms with E-state index in [1.165, 1.54) is 6.26 Å². The van der Waals surface area contributed by atoms with Gasteiger partial charge in [0.2, 0.25) is 0 Å². The number of amides is 3. The molecule has 1 aromatic heterocycles. The van der Waals surface area contributed by atoms with Gasteiger partial charge in [0, 0.05) is 26.2 Å². The summed E-state index contributed by atoms with van der Waals surface area (Å²) < 4.78 is 5.21. The van der Waals surface area contributed by atoms with Crippen LogP contribution in [-0.4, -0.2) is 47.9 Å². The summed E-state index contributed by atoms with van der Waals surface area (Å²) in [6.07, 6.45) is 4.14. The number of hydrogen-bond acceptors (Lipinski definition) is 3. The number of carbonyl (C=O) groups excluding carboxylic acids is 2. The maximum Gasteiger partial charge on any atom is 0.317 e. The highest BCUT2D eigenvalue weighted by Gasteiger charge is 2.25. The summed E-state index contributed by atoms with van der Waals surface area (Å²) in [6, 6.07) is 13.4. The molecule has 0 radical (unpaired) electrons. The second kappa shape index (κ2) is 9.26. The van der Waals surface area contributed by atoms with E-state index in [1.54, 1.807) is 21.9 Å². The molecule has 6 nitrogen and oxygen atoms in total. The second-order valence-electron chi connectivity index (χ2n) is 6.81. The van der Waals surface area contributed by atoms with E-state index < -0.39 is 0 Å². The van der Waals surface area contributed by atoms with Crippen LogP contribution in [0.4, 0.5) is 4.79 Å². The van der Waals surface area contributed by atoms with Crippen LogP contribution in [0.25, 0.3) is 0 Å². The van der Waals surface area contributed by atoms with E-state index in [1.807, 2.05) is 30.3 Å². The largest absolute Gasteiger partial charge is 0.459 e. The highest BCUT2D eigenvalue weighted by Crippen LogP contribution is 2.19. The molecule has 144 valence electrons. The van der Waals surface area contributed by atoms with E-state index in [4.69, 9.17) is 4.42 Å². The monoisotopic (exact) mass is 369 g/mol. The lowest BCUT2D eigenvalue weighted by Crippen LogP contribution is -2.43. The van der Waals surface area contributed by atoms with E-state index in [0.29, 0.717) is 31.9 Å². The molecule has 1 unspecified atom stereocenters. The van der Waals surface area contributed by atoms with Gasteiger partial charge in [0.05, 0.1) is 12.3 Å². The van der Waals surface area contributed by atoms with E-state index in [0.717, 1.165) is 24.8 Å². The Morgan fingerprint density at radius 1 is 1.04 bits per heavy atom. The third kappa shape index (κ3) is 4.90. The number of urea groups is 1. The van der Waals surface area contributed by atoms with Crippen molar-refractivity contribution >= 4 is 11.9 Å². The van der Waals surface area contributed by atoms with Crippen molar-refractivity contribution < 1.29 is 14.0 Å². The first kappa shape index (κ1) is 19.0. The molecule has 1 fully saturated rings. The second-order valence-corrected chi connectivity index (χ2v) is 6.81. The highest BCUT2D eigenvalue weighted by molar-refractivity contribution is 5.91. The molecule has 0 spiro atoms. The summed E-state index contributed by atoms with van der Waals surface area (Å²) in [7, 11) is 0. The Labute approximate surface area is 160 Å². The quantitative estimate of drug-likeness (QED) is 0.874. The lowest BCUT2D eigenvalue weighted by Gasteiger charge is -2.26. The fourth-order valence-electron chi connectivity index (χ4n) is 3.42. The van der Waals surface area contributed by atoms with Crippen LogP contribution in [0.3, 0.4) is 0 Å². The summed E-state index contributed by atoms with van der Waals surface area (Å²) in [5.74, 6) is 0.232. The Morgan fingerprint density at radius 2 is 1.78 bits per heavy atom. The predicted molar refractivity (Wildman–Crippen MR) is 103 cm³/mol. The van der Waals surface area contributed by atoms with Crippen molar-refractivity contribution in [3.8, 4) is 0 Å². The fourth-order valence-corrected chi connectivity index (χ4v) is 3.42. The zero-order valence-corrected chi connectivity index (χ0v) is 15.8. The zero-order valence-electron chi connectivity index (χ0n) is 15.8. The van der Waals surface area contributed by atoms with Gasteiger partial charge in [-0.3, -0.25) is 4.79 Å². The Bertz CT molecular complexity index is 730. The van der Waals surface area contributed by atoms with Gasteiger partial charge in [-0.1, -0.05) is 43.7 Å². The summed E-state index contributed by atoms with van der Waals surface area (Å²) in [6.45, 7) is 4.41. The average Bonchev–Trinajstić information content (AvgIpc) is 3.12. The summed E-state index contributed by atoms with van der Waals surface area (Å²) in [5.41, 5.74) is 1.12. The molecule has 0 saturated carbocycles. The van der Waals surface area contributed by atoms with Crippen LogP contribution >= 0.6 is 0 Å². The first-order valence-corrected chi connectivity index (χ1v) is 9.62. The SMILES string of the molecule is CCCC(NC(=O)N1CCCN(C(=O)c2ccco2)CC1)c1ccccc1. The van der Waals surface area contributed by atoms with Crippen molar-refractivity contribution in [2.75, 3.05) is 26.2 Å². The molecule has 1 atom stereocenters. The fraction of sp³-hybridized carbons (Fsp3) is 0.429. The van der Waals surface area contributed by atoms with Crippen molar-refractivity contribution in [3.05, 3.63) is 60.1 Å². The molecule has 3 rings (SSSR count). The minimum atomic E-state index is -0.115. The van der Waals surface area contributed by atoms with E-state index in [-0.39, 0.29) is 18.0 Å². The molecular formula is C21H27N3O3. The van der Waals surface area contributed by atoms with Gasteiger partial charge in [-0.15, -0.1) is 0 Å². The first-order chi connectivity index (χ1) is 13.2. The maximum atomic E-state index is 12.8. The molecule has 1 aliphatic rings. The van der Waals surface area contributed by atoms with Gasteiger partial charge in [-0.05, 0) is 30.5 Å². The predicted octanol–water partition coefficient (Wildman–Crippen LogP) is 3.68. The van der Waals surface area contributed by atoms with E-state index >= 15 is 0 Å². The maximum absolute atomic E-state index is 12.8. The number of carbonyl (C=O) groups is 2.